The summed E-state index contributed by atoms with van der Waals surface area (Å²) >= 11 is 3.47. The normalized spacial score (nSPS) is 15.1. The maximum atomic E-state index is 11.3. The number of carbonyl (C=O) groups excluding carboxylic acids is 1. The van der Waals surface area contributed by atoms with Crippen molar-refractivity contribution in [2.75, 3.05) is 31.5 Å². The van der Waals surface area contributed by atoms with Gasteiger partial charge in [0.15, 0.2) is 0 Å². The minimum atomic E-state index is 0.0360. The van der Waals surface area contributed by atoms with Crippen molar-refractivity contribution in [2.24, 2.45) is 0 Å². The van der Waals surface area contributed by atoms with Gasteiger partial charge in [-0.3, -0.25) is 0 Å². The Labute approximate surface area is 103 Å². The molecule has 0 aromatic heterocycles. The summed E-state index contributed by atoms with van der Waals surface area (Å²) in [6.45, 7) is 3.05. The molecule has 86 valence electrons. The van der Waals surface area contributed by atoms with E-state index in [-0.39, 0.29) is 6.03 Å². The van der Waals surface area contributed by atoms with Crippen molar-refractivity contribution in [1.29, 1.82) is 0 Å². The summed E-state index contributed by atoms with van der Waals surface area (Å²) in [7, 11) is 0. The first-order chi connectivity index (χ1) is 7.77. The second-order valence-corrected chi connectivity index (χ2v) is 4.48. The predicted molar refractivity (Wildman–Crippen MR) is 67.6 cm³/mol. The van der Waals surface area contributed by atoms with E-state index in [4.69, 9.17) is 0 Å². The number of nitrogens with one attached hydrogen (secondary N) is 2. The Morgan fingerprint density at radius 2 is 2.25 bits per heavy atom. The van der Waals surface area contributed by atoms with Gasteiger partial charge in [0.25, 0.3) is 0 Å². The van der Waals surface area contributed by atoms with Crippen molar-refractivity contribution >= 4 is 27.6 Å². The van der Waals surface area contributed by atoms with Crippen LogP contribution in [-0.4, -0.2) is 37.1 Å². The summed E-state index contributed by atoms with van der Waals surface area (Å²) in [5.74, 6) is 0. The van der Waals surface area contributed by atoms with Gasteiger partial charge in [-0.1, -0.05) is 12.1 Å². The fourth-order valence-electron chi connectivity index (χ4n) is 1.65. The van der Waals surface area contributed by atoms with Crippen LogP contribution in [0.2, 0.25) is 0 Å². The molecular formula is C11H14BrN3O. The molecule has 4 nitrogen and oxygen atoms in total. The zero-order valence-electron chi connectivity index (χ0n) is 8.87. The highest BCUT2D eigenvalue weighted by Crippen LogP contribution is 2.20. The molecule has 0 spiro atoms. The number of hydrogen-bond donors (Lipinski definition) is 2. The summed E-state index contributed by atoms with van der Waals surface area (Å²) in [6, 6.07) is 7.99. The molecule has 0 atom stereocenters. The van der Waals surface area contributed by atoms with Gasteiger partial charge in [-0.2, -0.15) is 0 Å². The fourth-order valence-corrected chi connectivity index (χ4v) is 2.08. The molecule has 2 rings (SSSR count). The van der Waals surface area contributed by atoms with Crippen LogP contribution in [-0.2, 0) is 0 Å². The van der Waals surface area contributed by atoms with Crippen molar-refractivity contribution in [3.05, 3.63) is 28.7 Å². The third-order valence-electron chi connectivity index (χ3n) is 2.52. The number of urea groups is 1. The molecule has 0 aliphatic carbocycles. The first kappa shape index (κ1) is 11.3. The Morgan fingerprint density at radius 3 is 2.94 bits per heavy atom. The lowest BCUT2D eigenvalue weighted by molar-refractivity contribution is 0.219. The average Bonchev–Trinajstić information content (AvgIpc) is 2.67. The monoisotopic (exact) mass is 283 g/mol. The Morgan fingerprint density at radius 1 is 1.44 bits per heavy atom. The number of rotatable bonds is 4. The predicted octanol–water partition coefficient (Wildman–Crippen LogP) is 1.89. The maximum absolute atomic E-state index is 11.3. The summed E-state index contributed by atoms with van der Waals surface area (Å²) < 4.78 is 1.04. The number of halogens is 1. The second kappa shape index (κ2) is 5.21. The van der Waals surface area contributed by atoms with Crippen molar-refractivity contribution in [2.45, 2.75) is 0 Å². The van der Waals surface area contributed by atoms with Crippen molar-refractivity contribution in [1.82, 2.24) is 10.2 Å². The molecule has 0 bridgehead atoms. The zero-order valence-corrected chi connectivity index (χ0v) is 10.5. The van der Waals surface area contributed by atoms with Gasteiger partial charge in [0, 0.05) is 36.3 Å². The molecule has 5 heteroatoms. The van der Waals surface area contributed by atoms with Crippen LogP contribution in [0, 0.1) is 0 Å². The number of amides is 2. The molecule has 2 amide bonds. The highest BCUT2D eigenvalue weighted by Gasteiger charge is 2.18. The minimum absolute atomic E-state index is 0.0360. The van der Waals surface area contributed by atoms with Crippen LogP contribution in [0.1, 0.15) is 0 Å². The molecule has 2 N–H and O–H groups in total. The highest BCUT2D eigenvalue weighted by atomic mass is 79.9. The van der Waals surface area contributed by atoms with E-state index < -0.39 is 0 Å². The van der Waals surface area contributed by atoms with Gasteiger partial charge >= 0.3 is 6.03 Å². The quantitative estimate of drug-likeness (QED) is 0.886. The van der Waals surface area contributed by atoms with Gasteiger partial charge in [0.2, 0.25) is 0 Å². The molecule has 1 saturated heterocycles. The lowest BCUT2D eigenvalue weighted by Crippen LogP contribution is -2.32. The molecular weight excluding hydrogens is 270 g/mol. The van der Waals surface area contributed by atoms with Crippen LogP contribution < -0.4 is 10.6 Å². The molecule has 0 unspecified atom stereocenters. The third kappa shape index (κ3) is 2.66. The standard InChI is InChI=1S/C11H14BrN3O/c12-9-3-1-2-4-10(9)13-5-7-15-8-6-14-11(15)16/h1-4,13H,5-8H2,(H,14,16). The van der Waals surface area contributed by atoms with Gasteiger partial charge in [-0.25, -0.2) is 4.79 Å². The number of anilines is 1. The largest absolute Gasteiger partial charge is 0.382 e. The number of hydrogen-bond acceptors (Lipinski definition) is 2. The molecule has 16 heavy (non-hydrogen) atoms. The Bertz CT molecular complexity index is 383. The molecule has 1 aliphatic heterocycles. The van der Waals surface area contributed by atoms with E-state index in [1.807, 2.05) is 29.2 Å². The van der Waals surface area contributed by atoms with E-state index in [0.29, 0.717) is 0 Å². The van der Waals surface area contributed by atoms with Gasteiger partial charge in [-0.15, -0.1) is 0 Å². The smallest absolute Gasteiger partial charge is 0.317 e. The molecule has 0 radical (unpaired) electrons. The van der Waals surface area contributed by atoms with Crippen LogP contribution in [0.4, 0.5) is 10.5 Å². The number of carbonyl (C=O) groups is 1. The topological polar surface area (TPSA) is 44.4 Å². The Kier molecular flexibility index (Phi) is 3.66. The van der Waals surface area contributed by atoms with Crippen LogP contribution in [0.3, 0.4) is 0 Å². The van der Waals surface area contributed by atoms with E-state index in [9.17, 15) is 4.79 Å². The van der Waals surface area contributed by atoms with E-state index in [1.54, 1.807) is 0 Å². The zero-order chi connectivity index (χ0) is 11.4. The van der Waals surface area contributed by atoms with Crippen LogP contribution in [0.15, 0.2) is 28.7 Å². The fraction of sp³-hybridized carbons (Fsp3) is 0.364. The van der Waals surface area contributed by atoms with Gasteiger partial charge in [0.05, 0.1) is 0 Å². The first-order valence-electron chi connectivity index (χ1n) is 5.28. The Balaban J connectivity index is 1.80. The molecule has 1 aromatic rings. The van der Waals surface area contributed by atoms with Gasteiger partial charge in [-0.05, 0) is 28.1 Å². The maximum Gasteiger partial charge on any atom is 0.317 e. The van der Waals surface area contributed by atoms with Crippen molar-refractivity contribution in [3.8, 4) is 0 Å². The van der Waals surface area contributed by atoms with Crippen LogP contribution in [0.25, 0.3) is 0 Å². The summed E-state index contributed by atoms with van der Waals surface area (Å²) in [4.78, 5) is 13.1. The van der Waals surface area contributed by atoms with E-state index in [0.717, 1.165) is 36.3 Å². The SMILES string of the molecule is O=C1NCCN1CCNc1ccccc1Br. The molecule has 1 aliphatic rings. The number of benzene rings is 1. The van der Waals surface area contributed by atoms with Crippen molar-refractivity contribution in [3.63, 3.8) is 0 Å². The Hall–Kier alpha value is -1.23. The lowest BCUT2D eigenvalue weighted by atomic mass is 10.3. The second-order valence-electron chi connectivity index (χ2n) is 3.63. The van der Waals surface area contributed by atoms with Crippen molar-refractivity contribution < 1.29 is 4.79 Å². The van der Waals surface area contributed by atoms with E-state index >= 15 is 0 Å². The average molecular weight is 284 g/mol. The van der Waals surface area contributed by atoms with Gasteiger partial charge in [0.1, 0.15) is 0 Å². The van der Waals surface area contributed by atoms with Crippen LogP contribution >= 0.6 is 15.9 Å². The van der Waals surface area contributed by atoms with E-state index in [2.05, 4.69) is 26.6 Å². The van der Waals surface area contributed by atoms with Crippen LogP contribution in [0.5, 0.6) is 0 Å². The highest BCUT2D eigenvalue weighted by molar-refractivity contribution is 9.10. The lowest BCUT2D eigenvalue weighted by Gasteiger charge is -2.15. The van der Waals surface area contributed by atoms with E-state index in [1.165, 1.54) is 0 Å². The van der Waals surface area contributed by atoms with Gasteiger partial charge < -0.3 is 15.5 Å². The third-order valence-corrected chi connectivity index (χ3v) is 3.21. The summed E-state index contributed by atoms with van der Waals surface area (Å²) in [6.07, 6.45) is 0. The molecule has 1 aromatic carbocycles. The minimum Gasteiger partial charge on any atom is -0.382 e. The number of para-hydroxylation sites is 1. The summed E-state index contributed by atoms with van der Waals surface area (Å²) in [5, 5.41) is 6.07. The number of nitrogens with zero attached hydrogens (tertiary/aromatic N) is 1. The molecule has 1 heterocycles. The molecule has 1 fully saturated rings. The molecule has 0 saturated carbocycles. The summed E-state index contributed by atoms with van der Waals surface area (Å²) in [5.41, 5.74) is 1.06. The first-order valence-corrected chi connectivity index (χ1v) is 6.08.